The van der Waals surface area contributed by atoms with Gasteiger partial charge in [-0.2, -0.15) is 0 Å². The molecular weight excluding hydrogens is 592 g/mol. The first-order valence-electron chi connectivity index (χ1n) is 16.6. The molecule has 46 heavy (non-hydrogen) atoms. The van der Waals surface area contributed by atoms with Crippen LogP contribution in [0, 0.1) is 17.8 Å². The standard InChI is InChI=1S/C35H58N2O9/c1-8-29(41)26(4)32-30(45-32)22-34(5,43)15-9-10-24(2)28(23-39)25(3)11-12-31(46-33(42)37-19-17-36-18-20-37)35(6,44-7)16-13-27(40)14-21-38/h9-12,15,21,23,25-32,36,40-41,43H,8,13-14,16-20,22H2,1-7H3/b12-11+,15-9+,24-10+/t25-,26+,27+,28+,29-,30+,31-,32+,34-,35+/m0/s1. The number of piperazine rings is 1. The van der Waals surface area contributed by atoms with Crippen LogP contribution in [0.1, 0.15) is 73.6 Å². The summed E-state index contributed by atoms with van der Waals surface area (Å²) in [6, 6.07) is 0. The molecule has 2 saturated heterocycles. The van der Waals surface area contributed by atoms with Gasteiger partial charge in [0, 0.05) is 58.0 Å². The molecule has 0 bridgehead atoms. The van der Waals surface area contributed by atoms with Crippen LogP contribution < -0.4 is 5.32 Å². The van der Waals surface area contributed by atoms with Crippen LogP contribution in [0.3, 0.4) is 0 Å². The van der Waals surface area contributed by atoms with E-state index in [0.717, 1.165) is 11.9 Å². The van der Waals surface area contributed by atoms with Gasteiger partial charge in [0.05, 0.1) is 30.0 Å². The van der Waals surface area contributed by atoms with Crippen molar-refractivity contribution < 1.29 is 43.9 Å². The lowest BCUT2D eigenvalue weighted by Crippen LogP contribution is -2.50. The summed E-state index contributed by atoms with van der Waals surface area (Å²) in [5.41, 5.74) is -1.34. The lowest BCUT2D eigenvalue weighted by atomic mass is 9.86. The fourth-order valence-corrected chi connectivity index (χ4v) is 5.85. The summed E-state index contributed by atoms with van der Waals surface area (Å²) in [5.74, 6) is -0.746. The number of epoxide rings is 1. The number of ether oxygens (including phenoxy) is 3. The van der Waals surface area contributed by atoms with Crippen LogP contribution in [0.15, 0.2) is 36.0 Å². The molecule has 0 aliphatic carbocycles. The molecule has 262 valence electrons. The van der Waals surface area contributed by atoms with E-state index in [-0.39, 0.29) is 36.9 Å². The summed E-state index contributed by atoms with van der Waals surface area (Å²) in [4.78, 5) is 37.8. The van der Waals surface area contributed by atoms with E-state index in [1.54, 1.807) is 37.0 Å². The number of carbonyl (C=O) groups excluding carboxylic acids is 3. The molecule has 2 aliphatic rings. The topological polar surface area (TPSA) is 158 Å². The normalized spacial score (nSPS) is 25.6. The van der Waals surface area contributed by atoms with Gasteiger partial charge in [-0.25, -0.2) is 4.79 Å². The Morgan fingerprint density at radius 1 is 1.15 bits per heavy atom. The van der Waals surface area contributed by atoms with Gasteiger partial charge in [-0.1, -0.05) is 50.6 Å². The molecule has 11 heteroatoms. The fourth-order valence-electron chi connectivity index (χ4n) is 5.85. The zero-order valence-corrected chi connectivity index (χ0v) is 28.8. The molecule has 11 nitrogen and oxygen atoms in total. The fraction of sp³-hybridized carbons (Fsp3) is 0.743. The lowest BCUT2D eigenvalue weighted by Gasteiger charge is -2.37. The monoisotopic (exact) mass is 650 g/mol. The smallest absolute Gasteiger partial charge is 0.410 e. The highest BCUT2D eigenvalue weighted by Gasteiger charge is 2.47. The Bertz CT molecular complexity index is 1050. The van der Waals surface area contributed by atoms with Crippen LogP contribution in [0.4, 0.5) is 4.79 Å². The van der Waals surface area contributed by atoms with Crippen molar-refractivity contribution in [3.8, 4) is 0 Å². The second-order valence-corrected chi connectivity index (χ2v) is 13.4. The molecule has 0 aromatic heterocycles. The van der Waals surface area contributed by atoms with Gasteiger partial charge >= 0.3 is 6.09 Å². The summed E-state index contributed by atoms with van der Waals surface area (Å²) in [6.07, 6.45) is 9.26. The van der Waals surface area contributed by atoms with Crippen LogP contribution in [-0.4, -0.2) is 114 Å². The van der Waals surface area contributed by atoms with Gasteiger partial charge in [-0.05, 0) is 52.0 Å². The molecule has 0 aromatic rings. The third kappa shape index (κ3) is 12.3. The molecule has 1 amide bonds. The highest BCUT2D eigenvalue weighted by molar-refractivity contribution is 5.68. The van der Waals surface area contributed by atoms with Crippen LogP contribution in [-0.2, 0) is 23.8 Å². The van der Waals surface area contributed by atoms with E-state index in [9.17, 15) is 29.7 Å². The van der Waals surface area contributed by atoms with Crippen molar-refractivity contribution in [2.24, 2.45) is 17.8 Å². The van der Waals surface area contributed by atoms with Gasteiger partial charge in [-0.3, -0.25) is 0 Å². The Balaban J connectivity index is 2.14. The first-order valence-corrected chi connectivity index (χ1v) is 16.6. The minimum atomic E-state index is -1.12. The van der Waals surface area contributed by atoms with Crippen molar-refractivity contribution in [2.75, 3.05) is 33.3 Å². The lowest BCUT2D eigenvalue weighted by molar-refractivity contribution is -0.111. The molecule has 2 aliphatic heterocycles. The molecule has 2 fully saturated rings. The maximum absolute atomic E-state index is 13.1. The molecule has 2 rings (SSSR count). The van der Waals surface area contributed by atoms with Crippen LogP contribution in [0.25, 0.3) is 0 Å². The number of nitrogens with zero attached hydrogens (tertiary/aromatic N) is 1. The molecular formula is C35H58N2O9. The van der Waals surface area contributed by atoms with Gasteiger partial charge < -0.3 is 49.3 Å². The molecule has 4 N–H and O–H groups in total. The number of hydrogen-bond acceptors (Lipinski definition) is 10. The largest absolute Gasteiger partial charge is 0.439 e. The number of nitrogens with one attached hydrogen (secondary N) is 1. The van der Waals surface area contributed by atoms with Crippen LogP contribution in [0.5, 0.6) is 0 Å². The summed E-state index contributed by atoms with van der Waals surface area (Å²) < 4.78 is 17.5. The number of allylic oxidation sites excluding steroid dienone is 4. The van der Waals surface area contributed by atoms with E-state index in [0.29, 0.717) is 51.7 Å². The summed E-state index contributed by atoms with van der Waals surface area (Å²) in [7, 11) is 1.52. The third-order valence-corrected chi connectivity index (χ3v) is 9.44. The first kappa shape index (κ1) is 39.8. The van der Waals surface area contributed by atoms with Crippen molar-refractivity contribution in [2.45, 2.75) is 115 Å². The van der Waals surface area contributed by atoms with E-state index in [1.807, 2.05) is 39.8 Å². The number of hydrogen-bond donors (Lipinski definition) is 4. The number of rotatable bonds is 20. The Morgan fingerprint density at radius 2 is 1.83 bits per heavy atom. The molecule has 10 atom stereocenters. The van der Waals surface area contributed by atoms with Gasteiger partial charge in [0.15, 0.2) is 6.10 Å². The molecule has 0 saturated carbocycles. The Labute approximate surface area is 275 Å². The van der Waals surface area contributed by atoms with Crippen molar-refractivity contribution >= 4 is 18.7 Å². The van der Waals surface area contributed by atoms with E-state index in [2.05, 4.69) is 5.32 Å². The average Bonchev–Trinajstić information content (AvgIpc) is 3.79. The number of aldehydes is 2. The maximum Gasteiger partial charge on any atom is 0.410 e. The summed E-state index contributed by atoms with van der Waals surface area (Å²) >= 11 is 0. The van der Waals surface area contributed by atoms with Crippen molar-refractivity contribution in [1.82, 2.24) is 10.2 Å². The number of amides is 1. The number of aliphatic hydroxyl groups excluding tert-OH is 2. The molecule has 2 heterocycles. The highest BCUT2D eigenvalue weighted by atomic mass is 16.6. The van der Waals surface area contributed by atoms with Crippen molar-refractivity contribution in [3.63, 3.8) is 0 Å². The van der Waals surface area contributed by atoms with E-state index < -0.39 is 41.5 Å². The minimum absolute atomic E-state index is 0.000751. The van der Waals surface area contributed by atoms with Crippen LogP contribution >= 0.6 is 0 Å². The molecule has 0 unspecified atom stereocenters. The molecule has 0 spiro atoms. The Kier molecular flexibility index (Phi) is 16.3. The molecule has 0 radical (unpaired) electrons. The van der Waals surface area contributed by atoms with Crippen molar-refractivity contribution in [3.05, 3.63) is 36.0 Å². The Hall–Kier alpha value is -2.41. The van der Waals surface area contributed by atoms with Gasteiger partial charge in [0.1, 0.15) is 18.2 Å². The highest BCUT2D eigenvalue weighted by Crippen LogP contribution is 2.37. The van der Waals surface area contributed by atoms with Gasteiger partial charge in [-0.15, -0.1) is 0 Å². The second kappa shape index (κ2) is 18.8. The van der Waals surface area contributed by atoms with E-state index in [1.165, 1.54) is 7.11 Å². The zero-order chi connectivity index (χ0) is 34.5. The quantitative estimate of drug-likeness (QED) is 0.0667. The van der Waals surface area contributed by atoms with Crippen LogP contribution in [0.2, 0.25) is 0 Å². The number of carbonyl (C=O) groups is 3. The van der Waals surface area contributed by atoms with E-state index in [4.69, 9.17) is 14.2 Å². The zero-order valence-electron chi connectivity index (χ0n) is 28.8. The average molecular weight is 651 g/mol. The van der Waals surface area contributed by atoms with Gasteiger partial charge in [0.2, 0.25) is 0 Å². The predicted octanol–water partition coefficient (Wildman–Crippen LogP) is 3.36. The molecule has 0 aromatic carbocycles. The second-order valence-electron chi connectivity index (χ2n) is 13.4. The Morgan fingerprint density at radius 3 is 2.41 bits per heavy atom. The number of aliphatic hydroxyl groups is 3. The SMILES string of the molecule is CC[C@H](O)[C@@H](C)[C@H]1O[C@@H]1C[C@@](C)(O)/C=C/C=C(\C)[C@@H](C=O)[C@@H](C)/C=C/[C@H](OC(=O)N1CCNCC1)[C@@](C)(CC[C@@H](O)CC=O)OC. The third-order valence-electron chi connectivity index (χ3n) is 9.44. The number of methoxy groups -OCH3 is 1. The maximum atomic E-state index is 13.1. The minimum Gasteiger partial charge on any atom is -0.439 e. The summed E-state index contributed by atoms with van der Waals surface area (Å²) in [6.45, 7) is 13.5. The van der Waals surface area contributed by atoms with Gasteiger partial charge in [0.25, 0.3) is 0 Å². The van der Waals surface area contributed by atoms with Crippen molar-refractivity contribution in [1.29, 1.82) is 0 Å². The first-order chi connectivity index (χ1) is 21.7. The summed E-state index contributed by atoms with van der Waals surface area (Å²) in [5, 5.41) is 34.4. The predicted molar refractivity (Wildman–Crippen MR) is 176 cm³/mol. The van der Waals surface area contributed by atoms with E-state index >= 15 is 0 Å².